The summed E-state index contributed by atoms with van der Waals surface area (Å²) in [4.78, 5) is 12.0. The van der Waals surface area contributed by atoms with E-state index in [1.807, 2.05) is 0 Å². The number of hydrogen-bond donors (Lipinski definition) is 1. The number of rotatable bonds is 5. The van der Waals surface area contributed by atoms with Gasteiger partial charge < -0.3 is 5.32 Å². The van der Waals surface area contributed by atoms with Gasteiger partial charge in [0.15, 0.2) is 0 Å². The van der Waals surface area contributed by atoms with E-state index in [4.69, 9.17) is 11.6 Å². The van der Waals surface area contributed by atoms with E-state index in [0.717, 1.165) is 11.8 Å². The van der Waals surface area contributed by atoms with Gasteiger partial charge in [-0.25, -0.2) is 8.42 Å². The quantitative estimate of drug-likeness (QED) is 0.899. The second kappa shape index (κ2) is 7.02. The molecular formula is C16H17ClN2O3S. The van der Waals surface area contributed by atoms with Gasteiger partial charge in [0.05, 0.1) is 18.4 Å². The third-order valence-electron chi connectivity index (χ3n) is 3.29. The molecule has 0 bridgehead atoms. The zero-order valence-corrected chi connectivity index (χ0v) is 14.4. The maximum atomic E-state index is 12.0. The number of amides is 1. The predicted molar refractivity (Wildman–Crippen MR) is 93.5 cm³/mol. The summed E-state index contributed by atoms with van der Waals surface area (Å²) < 4.78 is 24.1. The molecule has 23 heavy (non-hydrogen) atoms. The van der Waals surface area contributed by atoms with Crippen LogP contribution in [0.3, 0.4) is 0 Å². The summed E-state index contributed by atoms with van der Waals surface area (Å²) in [6.45, 7) is 0. The van der Waals surface area contributed by atoms with E-state index in [9.17, 15) is 13.2 Å². The first-order valence-corrected chi connectivity index (χ1v) is 9.06. The molecule has 0 aliphatic carbocycles. The number of carbonyl (C=O) groups is 1. The van der Waals surface area contributed by atoms with Crippen molar-refractivity contribution in [1.82, 2.24) is 0 Å². The van der Waals surface area contributed by atoms with Crippen LogP contribution in [-0.4, -0.2) is 27.6 Å². The van der Waals surface area contributed by atoms with Crippen molar-refractivity contribution in [2.24, 2.45) is 0 Å². The number of anilines is 2. The number of carbonyl (C=O) groups excluding carboxylic acids is 1. The summed E-state index contributed by atoms with van der Waals surface area (Å²) in [5.74, 6) is -0.156. The normalized spacial score (nSPS) is 11.1. The maximum absolute atomic E-state index is 12.0. The molecule has 0 spiro atoms. The van der Waals surface area contributed by atoms with Crippen LogP contribution in [0.2, 0.25) is 5.02 Å². The van der Waals surface area contributed by atoms with E-state index >= 15 is 0 Å². The molecule has 0 atom stereocenters. The molecule has 122 valence electrons. The van der Waals surface area contributed by atoms with Gasteiger partial charge in [0.1, 0.15) is 0 Å². The molecule has 0 heterocycles. The molecule has 0 unspecified atom stereocenters. The van der Waals surface area contributed by atoms with Gasteiger partial charge in [-0.1, -0.05) is 23.7 Å². The Morgan fingerprint density at radius 2 is 1.65 bits per heavy atom. The average molecular weight is 353 g/mol. The Balaban J connectivity index is 2.00. The average Bonchev–Trinajstić information content (AvgIpc) is 2.49. The van der Waals surface area contributed by atoms with Crippen LogP contribution < -0.4 is 9.62 Å². The molecule has 0 radical (unpaired) electrons. The second-order valence-electron chi connectivity index (χ2n) is 5.13. The minimum absolute atomic E-state index is 0.156. The molecule has 0 aromatic heterocycles. The van der Waals surface area contributed by atoms with Crippen LogP contribution in [0, 0.1) is 0 Å². The van der Waals surface area contributed by atoms with E-state index < -0.39 is 10.0 Å². The smallest absolute Gasteiger partial charge is 0.231 e. The molecule has 1 N–H and O–H groups in total. The topological polar surface area (TPSA) is 66.5 Å². The van der Waals surface area contributed by atoms with E-state index in [1.54, 1.807) is 48.5 Å². The molecule has 1 amide bonds. The lowest BCUT2D eigenvalue weighted by molar-refractivity contribution is -0.115. The molecule has 2 aromatic carbocycles. The Morgan fingerprint density at radius 1 is 1.09 bits per heavy atom. The van der Waals surface area contributed by atoms with Gasteiger partial charge >= 0.3 is 0 Å². The summed E-state index contributed by atoms with van der Waals surface area (Å²) in [6.07, 6.45) is 1.37. The number of nitrogens with zero attached hydrogens (tertiary/aromatic N) is 1. The van der Waals surface area contributed by atoms with Gasteiger partial charge in [-0.3, -0.25) is 9.10 Å². The van der Waals surface area contributed by atoms with Gasteiger partial charge in [0.2, 0.25) is 15.9 Å². The van der Waals surface area contributed by atoms with Crippen LogP contribution in [0.5, 0.6) is 0 Å². The second-order valence-corrected chi connectivity index (χ2v) is 7.58. The fraction of sp³-hybridized carbons (Fsp3) is 0.188. The number of sulfonamides is 1. The van der Waals surface area contributed by atoms with Gasteiger partial charge in [0.25, 0.3) is 0 Å². The maximum Gasteiger partial charge on any atom is 0.231 e. The molecule has 0 aliphatic heterocycles. The van der Waals surface area contributed by atoms with Crippen molar-refractivity contribution in [3.63, 3.8) is 0 Å². The summed E-state index contributed by atoms with van der Waals surface area (Å²) in [5, 5.41) is 3.39. The van der Waals surface area contributed by atoms with Crippen LogP contribution in [0.15, 0.2) is 48.5 Å². The third-order valence-corrected chi connectivity index (χ3v) is 4.75. The van der Waals surface area contributed by atoms with Crippen molar-refractivity contribution in [1.29, 1.82) is 0 Å². The zero-order chi connectivity index (χ0) is 17.0. The first kappa shape index (κ1) is 17.3. The summed E-state index contributed by atoms with van der Waals surface area (Å²) in [7, 11) is -1.83. The zero-order valence-electron chi connectivity index (χ0n) is 12.8. The predicted octanol–water partition coefficient (Wildman–Crippen LogP) is 2.92. The van der Waals surface area contributed by atoms with Crippen molar-refractivity contribution in [2.45, 2.75) is 6.42 Å². The fourth-order valence-electron chi connectivity index (χ4n) is 1.94. The minimum atomic E-state index is -3.30. The Kier molecular flexibility index (Phi) is 5.28. The molecule has 0 saturated heterocycles. The Bertz CT molecular complexity index is 787. The molecule has 0 fully saturated rings. The third kappa shape index (κ3) is 4.97. The largest absolute Gasteiger partial charge is 0.326 e. The molecule has 0 aliphatic rings. The monoisotopic (exact) mass is 352 g/mol. The first-order valence-electron chi connectivity index (χ1n) is 6.84. The standard InChI is InChI=1S/C16H17ClN2O3S/c1-19(23(2,21)22)15-9-7-14(8-10-15)18-16(20)11-12-3-5-13(17)6-4-12/h3-10H,11H2,1-2H3,(H,18,20). The summed E-state index contributed by atoms with van der Waals surface area (Å²) in [6, 6.07) is 13.7. The van der Waals surface area contributed by atoms with E-state index in [2.05, 4.69) is 5.32 Å². The van der Waals surface area contributed by atoms with Crippen LogP contribution in [0.4, 0.5) is 11.4 Å². The highest BCUT2D eigenvalue weighted by Gasteiger charge is 2.11. The van der Waals surface area contributed by atoms with Crippen LogP contribution >= 0.6 is 11.6 Å². The van der Waals surface area contributed by atoms with Gasteiger partial charge in [-0.15, -0.1) is 0 Å². The fourth-order valence-corrected chi connectivity index (χ4v) is 2.57. The van der Waals surface area contributed by atoms with Crippen molar-refractivity contribution >= 4 is 38.9 Å². The molecule has 0 saturated carbocycles. The number of nitrogens with one attached hydrogen (secondary N) is 1. The molecular weight excluding hydrogens is 336 g/mol. The summed E-state index contributed by atoms with van der Waals surface area (Å²) in [5.41, 5.74) is 2.00. The van der Waals surface area contributed by atoms with E-state index in [1.165, 1.54) is 11.4 Å². The van der Waals surface area contributed by atoms with Crippen molar-refractivity contribution in [3.05, 3.63) is 59.1 Å². The molecule has 2 aromatic rings. The molecule has 7 heteroatoms. The van der Waals surface area contributed by atoms with Crippen molar-refractivity contribution in [2.75, 3.05) is 22.9 Å². The highest BCUT2D eigenvalue weighted by atomic mass is 35.5. The lowest BCUT2D eigenvalue weighted by Crippen LogP contribution is -2.24. The van der Waals surface area contributed by atoms with Crippen LogP contribution in [0.1, 0.15) is 5.56 Å². The number of halogens is 1. The Morgan fingerprint density at radius 3 is 2.17 bits per heavy atom. The van der Waals surface area contributed by atoms with Crippen molar-refractivity contribution < 1.29 is 13.2 Å². The van der Waals surface area contributed by atoms with E-state index in [0.29, 0.717) is 16.4 Å². The number of hydrogen-bond acceptors (Lipinski definition) is 3. The molecule has 2 rings (SSSR count). The Hall–Kier alpha value is -2.05. The van der Waals surface area contributed by atoms with Gasteiger partial charge in [0, 0.05) is 17.8 Å². The Labute approximate surface area is 140 Å². The highest BCUT2D eigenvalue weighted by Crippen LogP contribution is 2.19. The van der Waals surface area contributed by atoms with Gasteiger partial charge in [-0.05, 0) is 42.0 Å². The summed E-state index contributed by atoms with van der Waals surface area (Å²) >= 11 is 5.80. The van der Waals surface area contributed by atoms with Crippen LogP contribution in [0.25, 0.3) is 0 Å². The van der Waals surface area contributed by atoms with E-state index in [-0.39, 0.29) is 12.3 Å². The van der Waals surface area contributed by atoms with Gasteiger partial charge in [-0.2, -0.15) is 0 Å². The minimum Gasteiger partial charge on any atom is -0.326 e. The molecule has 5 nitrogen and oxygen atoms in total. The lowest BCUT2D eigenvalue weighted by Gasteiger charge is -2.16. The first-order chi connectivity index (χ1) is 10.8. The van der Waals surface area contributed by atoms with Crippen molar-refractivity contribution in [3.8, 4) is 0 Å². The SMILES string of the molecule is CN(c1ccc(NC(=O)Cc2ccc(Cl)cc2)cc1)S(C)(=O)=O. The highest BCUT2D eigenvalue weighted by molar-refractivity contribution is 7.92. The van der Waals surface area contributed by atoms with Crippen LogP contribution in [-0.2, 0) is 21.2 Å². The number of benzene rings is 2. The lowest BCUT2D eigenvalue weighted by atomic mass is 10.1.